The number of nitrogens with two attached hydrogens (primary N) is 1. The molecular formula is C88H158NO8P. The van der Waals surface area contributed by atoms with E-state index >= 15 is 0 Å². The van der Waals surface area contributed by atoms with Gasteiger partial charge in [0, 0.05) is 19.4 Å². The predicted octanol–water partition coefficient (Wildman–Crippen LogP) is 28.4. The minimum absolute atomic E-state index is 0.0495. The van der Waals surface area contributed by atoms with Gasteiger partial charge in [0.1, 0.15) is 6.61 Å². The average Bonchev–Trinajstić information content (AvgIpc) is 1.57. The summed E-state index contributed by atoms with van der Waals surface area (Å²) in [7, 11) is -4.40. The number of hydrogen-bond donors (Lipinski definition) is 2. The second-order valence-electron chi connectivity index (χ2n) is 28.0. The maximum Gasteiger partial charge on any atom is 0.472 e. The van der Waals surface area contributed by atoms with Crippen molar-refractivity contribution in [3.63, 3.8) is 0 Å². The number of carbonyl (C=O) groups is 2. The van der Waals surface area contributed by atoms with E-state index < -0.39 is 26.5 Å². The zero-order chi connectivity index (χ0) is 70.8. The summed E-state index contributed by atoms with van der Waals surface area (Å²) in [5, 5.41) is 0. The van der Waals surface area contributed by atoms with E-state index in [9.17, 15) is 19.0 Å². The molecule has 0 saturated heterocycles. The SMILES string of the molecule is CC/C=C\C/C=C\C/C=C\C/C=C\C/C=C\C/C=C\C/C=C\C/C=C\C/C=C\CCCCCCCCCCCC(=O)OC(COC(=O)CCCCCCCCCCCCCCCCCCCCCCCCCCCCCCCCCCCCCCCCCC)COP(=O)(O)OCCN. The maximum atomic E-state index is 12.8. The number of esters is 2. The van der Waals surface area contributed by atoms with Crippen molar-refractivity contribution < 1.29 is 37.6 Å². The lowest BCUT2D eigenvalue weighted by molar-refractivity contribution is -0.161. The molecule has 3 N–H and O–H groups in total. The summed E-state index contributed by atoms with van der Waals surface area (Å²) in [6.07, 6.45) is 115. The summed E-state index contributed by atoms with van der Waals surface area (Å²) < 4.78 is 33.3. The van der Waals surface area contributed by atoms with Gasteiger partial charge in [-0.1, -0.05) is 419 Å². The molecule has 0 rings (SSSR count). The van der Waals surface area contributed by atoms with Gasteiger partial charge in [0.05, 0.1) is 13.2 Å². The van der Waals surface area contributed by atoms with Crippen molar-refractivity contribution in [2.45, 2.75) is 412 Å². The first-order valence-corrected chi connectivity index (χ1v) is 43.4. The van der Waals surface area contributed by atoms with Crippen LogP contribution in [0.1, 0.15) is 406 Å². The quantitative estimate of drug-likeness (QED) is 0.0264. The minimum atomic E-state index is -4.40. The van der Waals surface area contributed by atoms with E-state index in [1.165, 1.54) is 270 Å². The Kier molecular flexibility index (Phi) is 79.8. The molecule has 0 fully saturated rings. The lowest BCUT2D eigenvalue weighted by Crippen LogP contribution is -2.29. The normalized spacial score (nSPS) is 13.4. The van der Waals surface area contributed by atoms with E-state index in [2.05, 4.69) is 123 Å². The highest BCUT2D eigenvalue weighted by molar-refractivity contribution is 7.47. The Morgan fingerprint density at radius 3 is 0.837 bits per heavy atom. The Labute approximate surface area is 607 Å². The molecule has 0 bridgehead atoms. The van der Waals surface area contributed by atoms with Crippen molar-refractivity contribution in [3.8, 4) is 0 Å². The highest BCUT2D eigenvalue weighted by atomic mass is 31.2. The summed E-state index contributed by atoms with van der Waals surface area (Å²) in [5.41, 5.74) is 5.42. The molecule has 0 spiro atoms. The van der Waals surface area contributed by atoms with E-state index in [0.29, 0.717) is 6.42 Å². The molecule has 2 atom stereocenters. The molecule has 0 aliphatic carbocycles. The van der Waals surface area contributed by atoms with Gasteiger partial charge in [-0.2, -0.15) is 0 Å². The Morgan fingerprint density at radius 2 is 0.561 bits per heavy atom. The summed E-state index contributed by atoms with van der Waals surface area (Å²) >= 11 is 0. The molecule has 0 saturated carbocycles. The van der Waals surface area contributed by atoms with E-state index in [1.54, 1.807) is 0 Å². The Bertz CT molecular complexity index is 1980. The standard InChI is InChI=1S/C88H158NO8P/c1-3-5-7-9-11-13-15-17-19-21-23-25-27-29-31-33-35-37-39-41-42-43-45-46-48-50-52-54-56-58-60-62-64-66-68-70-72-74-76-78-80-87(90)94-84-86(85-96-98(92,93)95-83-82-89)97-88(91)81-79-77-75-73-71-69-67-65-63-61-59-57-55-53-51-49-47-44-40-38-36-34-32-30-28-26-24-22-20-18-16-14-12-10-8-6-4-2/h6,8,12,14,18,20,24,26,30,32,36,38,44,47,51,53,57,59,86H,3-5,7,9-11,13,15-17,19,21-23,25,27-29,31,33-35,37,39-43,45-46,48-50,52,54-56,58,60-85,89H2,1-2H3,(H,92,93)/b8-6-,14-12-,20-18-,26-24-,32-30-,38-36-,47-44-,53-51-,59-57-. The van der Waals surface area contributed by atoms with Crippen molar-refractivity contribution in [3.05, 3.63) is 109 Å². The number of rotatable bonds is 79. The summed E-state index contributed by atoms with van der Waals surface area (Å²) in [6.45, 7) is 3.68. The average molecular weight is 1390 g/mol. The van der Waals surface area contributed by atoms with Crippen molar-refractivity contribution in [2.24, 2.45) is 5.73 Å². The topological polar surface area (TPSA) is 134 Å². The molecule has 0 aromatic carbocycles. The third-order valence-corrected chi connectivity index (χ3v) is 19.4. The molecule has 0 amide bonds. The molecule has 0 radical (unpaired) electrons. The largest absolute Gasteiger partial charge is 0.472 e. The summed E-state index contributed by atoms with van der Waals surface area (Å²) in [6, 6.07) is 0. The van der Waals surface area contributed by atoms with Crippen LogP contribution in [0, 0.1) is 0 Å². The maximum absolute atomic E-state index is 12.8. The molecule has 98 heavy (non-hydrogen) atoms. The van der Waals surface area contributed by atoms with Gasteiger partial charge < -0.3 is 20.1 Å². The van der Waals surface area contributed by atoms with Crippen LogP contribution in [0.4, 0.5) is 0 Å². The second-order valence-corrected chi connectivity index (χ2v) is 29.4. The molecule has 10 heteroatoms. The van der Waals surface area contributed by atoms with Crippen LogP contribution in [0.15, 0.2) is 109 Å². The molecule has 0 aliphatic rings. The first-order valence-electron chi connectivity index (χ1n) is 41.9. The van der Waals surface area contributed by atoms with Crippen molar-refractivity contribution in [2.75, 3.05) is 26.4 Å². The number of phosphoric acid groups is 1. The van der Waals surface area contributed by atoms with Gasteiger partial charge in [0.2, 0.25) is 0 Å². The number of carbonyl (C=O) groups excluding carboxylic acids is 2. The Morgan fingerprint density at radius 1 is 0.316 bits per heavy atom. The summed E-state index contributed by atoms with van der Waals surface area (Å²) in [4.78, 5) is 35.5. The smallest absolute Gasteiger partial charge is 0.462 e. The highest BCUT2D eigenvalue weighted by Crippen LogP contribution is 2.43. The van der Waals surface area contributed by atoms with Crippen molar-refractivity contribution in [1.29, 1.82) is 0 Å². The van der Waals surface area contributed by atoms with Crippen LogP contribution in [0.3, 0.4) is 0 Å². The molecular weight excluding hydrogens is 1230 g/mol. The van der Waals surface area contributed by atoms with Crippen LogP contribution < -0.4 is 5.73 Å². The number of phosphoric ester groups is 1. The van der Waals surface area contributed by atoms with Gasteiger partial charge >= 0.3 is 19.8 Å². The zero-order valence-electron chi connectivity index (χ0n) is 64.3. The van der Waals surface area contributed by atoms with Crippen LogP contribution >= 0.6 is 7.82 Å². The number of unbranched alkanes of at least 4 members (excludes halogenated alkanes) is 48. The van der Waals surface area contributed by atoms with Gasteiger partial charge in [-0.3, -0.25) is 18.6 Å². The van der Waals surface area contributed by atoms with Crippen LogP contribution in [0.25, 0.3) is 0 Å². The lowest BCUT2D eigenvalue weighted by atomic mass is 10.0. The Hall–Kier alpha value is -3.33. The van der Waals surface area contributed by atoms with Crippen LogP contribution in [-0.2, 0) is 32.7 Å². The highest BCUT2D eigenvalue weighted by Gasteiger charge is 2.26. The number of allylic oxidation sites excluding steroid dienone is 18. The second kappa shape index (κ2) is 82.6. The number of hydrogen-bond acceptors (Lipinski definition) is 8. The predicted molar refractivity (Wildman–Crippen MR) is 427 cm³/mol. The third-order valence-electron chi connectivity index (χ3n) is 18.4. The lowest BCUT2D eigenvalue weighted by Gasteiger charge is -2.19. The van der Waals surface area contributed by atoms with Gasteiger partial charge in [-0.15, -0.1) is 0 Å². The van der Waals surface area contributed by atoms with Crippen molar-refractivity contribution >= 4 is 19.8 Å². The molecule has 0 heterocycles. The zero-order valence-corrected chi connectivity index (χ0v) is 65.2. The monoisotopic (exact) mass is 1390 g/mol. The molecule has 568 valence electrons. The fourth-order valence-electron chi connectivity index (χ4n) is 12.3. The fourth-order valence-corrected chi connectivity index (χ4v) is 13.0. The van der Waals surface area contributed by atoms with Gasteiger partial charge in [0.15, 0.2) is 6.10 Å². The molecule has 0 aromatic rings. The minimum Gasteiger partial charge on any atom is -0.462 e. The van der Waals surface area contributed by atoms with Crippen LogP contribution in [0.5, 0.6) is 0 Å². The molecule has 0 aromatic heterocycles. The first-order chi connectivity index (χ1) is 48.3. The van der Waals surface area contributed by atoms with Crippen LogP contribution in [-0.4, -0.2) is 49.3 Å². The van der Waals surface area contributed by atoms with Gasteiger partial charge in [-0.05, 0) is 83.5 Å². The third kappa shape index (κ3) is 81.6. The molecule has 0 aliphatic heterocycles. The van der Waals surface area contributed by atoms with Gasteiger partial charge in [-0.25, -0.2) is 4.57 Å². The van der Waals surface area contributed by atoms with Crippen LogP contribution in [0.2, 0.25) is 0 Å². The fraction of sp³-hybridized carbons (Fsp3) is 0.773. The van der Waals surface area contributed by atoms with E-state index in [1.807, 2.05) is 0 Å². The first kappa shape index (κ1) is 94.7. The molecule has 2 unspecified atom stereocenters. The van der Waals surface area contributed by atoms with E-state index in [4.69, 9.17) is 24.3 Å². The van der Waals surface area contributed by atoms with Gasteiger partial charge in [0.25, 0.3) is 0 Å². The summed E-state index contributed by atoms with van der Waals surface area (Å²) in [5.74, 6) is -0.823. The molecule has 9 nitrogen and oxygen atoms in total. The van der Waals surface area contributed by atoms with E-state index in [0.717, 1.165) is 103 Å². The Balaban J connectivity index is 3.81. The van der Waals surface area contributed by atoms with Crippen molar-refractivity contribution in [1.82, 2.24) is 0 Å². The number of ether oxygens (including phenoxy) is 2. The van der Waals surface area contributed by atoms with E-state index in [-0.39, 0.29) is 38.6 Å².